The van der Waals surface area contributed by atoms with E-state index in [-0.39, 0.29) is 11.5 Å². The van der Waals surface area contributed by atoms with Gasteiger partial charge in [-0.2, -0.15) is 5.10 Å². The number of carbonyl (C=O) groups excluding carboxylic acids is 2. The Hall–Kier alpha value is -4.55. The number of benzene rings is 3. The molecule has 6 nitrogen and oxygen atoms in total. The summed E-state index contributed by atoms with van der Waals surface area (Å²) in [5.74, 6) is -0.573. The molecule has 35 heavy (non-hydrogen) atoms. The van der Waals surface area contributed by atoms with Gasteiger partial charge in [0.05, 0.1) is 11.7 Å². The number of nitrogens with zero attached hydrogens (tertiary/aromatic N) is 3. The second-order valence-electron chi connectivity index (χ2n) is 7.81. The molecule has 0 aliphatic rings. The lowest BCUT2D eigenvalue weighted by Gasteiger charge is -2.08. The van der Waals surface area contributed by atoms with E-state index in [0.29, 0.717) is 21.8 Å². The van der Waals surface area contributed by atoms with Crippen molar-refractivity contribution in [2.45, 2.75) is 0 Å². The molecular formula is C28H19ClN4O2. The number of rotatable bonds is 6. The van der Waals surface area contributed by atoms with Crippen LogP contribution in [0.15, 0.2) is 97.3 Å². The lowest BCUT2D eigenvalue weighted by Crippen LogP contribution is -2.14. The molecular weight excluding hydrogens is 460 g/mol. The van der Waals surface area contributed by atoms with Gasteiger partial charge < -0.3 is 5.32 Å². The second-order valence-corrected chi connectivity index (χ2v) is 8.25. The molecule has 2 aromatic heterocycles. The van der Waals surface area contributed by atoms with Crippen LogP contribution in [0.2, 0.25) is 5.02 Å². The van der Waals surface area contributed by atoms with Gasteiger partial charge in [0, 0.05) is 39.6 Å². The molecule has 0 aliphatic carbocycles. The molecule has 0 bridgehead atoms. The number of amides is 1. The average molecular weight is 479 g/mol. The number of fused-ring (bicyclic) bond motifs is 1. The minimum atomic E-state index is -0.410. The molecule has 0 saturated carbocycles. The number of anilines is 1. The summed E-state index contributed by atoms with van der Waals surface area (Å²) in [4.78, 5) is 29.8. The van der Waals surface area contributed by atoms with Crippen molar-refractivity contribution < 1.29 is 9.59 Å². The van der Waals surface area contributed by atoms with Gasteiger partial charge in [0.2, 0.25) is 0 Å². The number of pyridine rings is 1. The summed E-state index contributed by atoms with van der Waals surface area (Å²) in [6, 6.07) is 25.3. The van der Waals surface area contributed by atoms with E-state index in [2.05, 4.69) is 15.4 Å². The highest BCUT2D eigenvalue weighted by Crippen LogP contribution is 2.21. The molecule has 3 aromatic carbocycles. The van der Waals surface area contributed by atoms with Crippen molar-refractivity contribution in [1.29, 1.82) is 0 Å². The second kappa shape index (κ2) is 9.75. The molecule has 0 aliphatic heterocycles. The maximum absolute atomic E-state index is 13.3. The maximum atomic E-state index is 13.3. The highest BCUT2D eigenvalue weighted by molar-refractivity contribution is 6.31. The van der Waals surface area contributed by atoms with Gasteiger partial charge in [0.1, 0.15) is 5.69 Å². The van der Waals surface area contributed by atoms with Crippen molar-refractivity contribution in [2.24, 2.45) is 0 Å². The predicted molar refractivity (Wildman–Crippen MR) is 138 cm³/mol. The normalized spacial score (nSPS) is 11.1. The fourth-order valence-corrected chi connectivity index (χ4v) is 3.81. The maximum Gasteiger partial charge on any atom is 0.274 e. The van der Waals surface area contributed by atoms with Gasteiger partial charge >= 0.3 is 0 Å². The van der Waals surface area contributed by atoms with Crippen molar-refractivity contribution in [3.8, 4) is 0 Å². The first kappa shape index (κ1) is 22.3. The minimum absolute atomic E-state index is 0.163. The van der Waals surface area contributed by atoms with Crippen molar-refractivity contribution >= 4 is 52.2 Å². The monoisotopic (exact) mass is 478 g/mol. The molecule has 0 fully saturated rings. The quantitative estimate of drug-likeness (QED) is 0.295. The standard InChI is InChI=1S/C28H19ClN4O2/c29-23-11-13-30-25(17-23)28(35)32-24-8-4-7-20(15-24)27(34)21-9-10-22-18-31-33(26(22)16-21)14-12-19-5-2-1-3-6-19/h1-18H,(H,32,35). The largest absolute Gasteiger partial charge is 0.321 e. The first-order valence-electron chi connectivity index (χ1n) is 10.8. The summed E-state index contributed by atoms with van der Waals surface area (Å²) in [5, 5.41) is 8.53. The summed E-state index contributed by atoms with van der Waals surface area (Å²) in [6.45, 7) is 0. The molecule has 170 valence electrons. The number of carbonyl (C=O) groups is 2. The van der Waals surface area contributed by atoms with Crippen LogP contribution in [-0.2, 0) is 0 Å². The van der Waals surface area contributed by atoms with Crippen LogP contribution in [0.1, 0.15) is 32.0 Å². The van der Waals surface area contributed by atoms with E-state index >= 15 is 0 Å². The summed E-state index contributed by atoms with van der Waals surface area (Å²) in [6.07, 6.45) is 7.06. The highest BCUT2D eigenvalue weighted by Gasteiger charge is 2.14. The van der Waals surface area contributed by atoms with Crippen LogP contribution >= 0.6 is 11.6 Å². The number of nitrogens with one attached hydrogen (secondary N) is 1. The Morgan fingerprint density at radius 1 is 0.886 bits per heavy atom. The summed E-state index contributed by atoms with van der Waals surface area (Å²) in [7, 11) is 0. The van der Waals surface area contributed by atoms with E-state index < -0.39 is 5.91 Å². The first-order valence-corrected chi connectivity index (χ1v) is 11.2. The van der Waals surface area contributed by atoms with Crippen LogP contribution in [-0.4, -0.2) is 26.5 Å². The fraction of sp³-hybridized carbons (Fsp3) is 0. The van der Waals surface area contributed by atoms with Gasteiger partial charge in [-0.1, -0.05) is 66.2 Å². The molecule has 0 saturated heterocycles. The van der Waals surface area contributed by atoms with Gasteiger partial charge in [-0.05, 0) is 42.0 Å². The predicted octanol–water partition coefficient (Wildman–Crippen LogP) is 6.20. The third kappa shape index (κ3) is 5.03. The molecule has 0 spiro atoms. The zero-order chi connectivity index (χ0) is 24.2. The van der Waals surface area contributed by atoms with Crippen molar-refractivity contribution in [3.63, 3.8) is 0 Å². The zero-order valence-corrected chi connectivity index (χ0v) is 19.2. The minimum Gasteiger partial charge on any atom is -0.321 e. The number of halogens is 1. The van der Waals surface area contributed by atoms with Gasteiger partial charge in [-0.15, -0.1) is 0 Å². The van der Waals surface area contributed by atoms with Gasteiger partial charge in [0.15, 0.2) is 5.78 Å². The molecule has 0 radical (unpaired) electrons. The molecule has 5 aromatic rings. The highest BCUT2D eigenvalue weighted by atomic mass is 35.5. The summed E-state index contributed by atoms with van der Waals surface area (Å²) in [5.41, 5.74) is 3.52. The van der Waals surface area contributed by atoms with E-state index in [1.165, 1.54) is 12.3 Å². The Kier molecular flexibility index (Phi) is 6.20. The third-order valence-electron chi connectivity index (χ3n) is 5.41. The Morgan fingerprint density at radius 3 is 2.54 bits per heavy atom. The molecule has 7 heteroatoms. The van der Waals surface area contributed by atoms with Crippen LogP contribution in [0, 0.1) is 0 Å². The first-order chi connectivity index (χ1) is 17.1. The van der Waals surface area contributed by atoms with Crippen molar-refractivity contribution in [2.75, 3.05) is 5.32 Å². The topological polar surface area (TPSA) is 76.9 Å². The zero-order valence-electron chi connectivity index (χ0n) is 18.4. The van der Waals surface area contributed by atoms with E-state index in [0.717, 1.165) is 16.5 Å². The van der Waals surface area contributed by atoms with Crippen LogP contribution in [0.4, 0.5) is 5.69 Å². The van der Waals surface area contributed by atoms with Crippen LogP contribution < -0.4 is 5.32 Å². The van der Waals surface area contributed by atoms with Crippen LogP contribution in [0.3, 0.4) is 0 Å². The third-order valence-corrected chi connectivity index (χ3v) is 5.64. The van der Waals surface area contributed by atoms with Crippen molar-refractivity contribution in [3.05, 3.63) is 125 Å². The Balaban J connectivity index is 1.39. The van der Waals surface area contributed by atoms with Crippen LogP contribution in [0.5, 0.6) is 0 Å². The van der Waals surface area contributed by atoms with E-state index in [1.54, 1.807) is 47.3 Å². The Morgan fingerprint density at radius 2 is 1.71 bits per heavy atom. The number of ketones is 1. The Labute approximate surface area is 206 Å². The SMILES string of the molecule is O=C(c1cccc(NC(=O)c2cc(Cl)ccn2)c1)c1ccc2cnn(C=Cc3ccccc3)c2c1. The molecule has 5 rings (SSSR count). The number of hydrogen-bond acceptors (Lipinski definition) is 4. The fourth-order valence-electron chi connectivity index (χ4n) is 3.65. The smallest absolute Gasteiger partial charge is 0.274 e. The molecule has 0 atom stereocenters. The van der Waals surface area contributed by atoms with E-state index in [9.17, 15) is 9.59 Å². The molecule has 1 amide bonds. The van der Waals surface area contributed by atoms with E-state index in [1.807, 2.05) is 54.7 Å². The summed E-state index contributed by atoms with van der Waals surface area (Å²) < 4.78 is 1.74. The van der Waals surface area contributed by atoms with E-state index in [4.69, 9.17) is 11.6 Å². The molecule has 2 heterocycles. The Bertz CT molecular complexity index is 1570. The average Bonchev–Trinajstić information content (AvgIpc) is 3.30. The van der Waals surface area contributed by atoms with Gasteiger partial charge in [-0.3, -0.25) is 14.6 Å². The van der Waals surface area contributed by atoms with Crippen LogP contribution in [0.25, 0.3) is 23.2 Å². The number of hydrogen-bond donors (Lipinski definition) is 1. The number of aromatic nitrogens is 3. The lowest BCUT2D eigenvalue weighted by molar-refractivity contribution is 0.101. The van der Waals surface area contributed by atoms with Gasteiger partial charge in [0.25, 0.3) is 5.91 Å². The summed E-state index contributed by atoms with van der Waals surface area (Å²) >= 11 is 5.95. The molecule has 0 unspecified atom stereocenters. The lowest BCUT2D eigenvalue weighted by atomic mass is 10.0. The van der Waals surface area contributed by atoms with Crippen molar-refractivity contribution in [1.82, 2.24) is 14.8 Å². The van der Waals surface area contributed by atoms with Gasteiger partial charge in [-0.25, -0.2) is 4.68 Å². The molecule has 1 N–H and O–H groups in total.